The summed E-state index contributed by atoms with van der Waals surface area (Å²) in [7, 11) is 0. The van der Waals surface area contributed by atoms with E-state index >= 15 is 0 Å². The number of carbonyl (C=O) groups is 1. The number of hydrogen-bond acceptors (Lipinski definition) is 2. The molecular formula is C11H8FNO. The van der Waals surface area contributed by atoms with Crippen LogP contribution in [0, 0.1) is 5.82 Å². The fourth-order valence-corrected chi connectivity index (χ4v) is 1.45. The molecule has 0 aliphatic carbocycles. The summed E-state index contributed by atoms with van der Waals surface area (Å²) in [5.74, 6) is -0.478. The Bertz CT molecular complexity index is 508. The molecule has 0 fully saturated rings. The number of pyridine rings is 1. The minimum atomic E-state index is -0.398. The Balaban J connectivity index is 2.88. The molecule has 0 aliphatic heterocycles. The van der Waals surface area contributed by atoms with Gasteiger partial charge in [-0.25, -0.2) is 4.39 Å². The van der Waals surface area contributed by atoms with Gasteiger partial charge in [-0.15, -0.1) is 0 Å². The van der Waals surface area contributed by atoms with Crippen LogP contribution in [-0.2, 0) is 0 Å². The van der Waals surface area contributed by atoms with Crippen LogP contribution in [0.3, 0.4) is 0 Å². The number of halogens is 1. The largest absolute Gasteiger partial charge is 0.294 e. The number of aromatic nitrogens is 1. The molecule has 0 amide bonds. The van der Waals surface area contributed by atoms with E-state index < -0.39 is 5.82 Å². The molecule has 0 N–H and O–H groups in total. The number of ketones is 1. The monoisotopic (exact) mass is 189 g/mol. The van der Waals surface area contributed by atoms with Crippen molar-refractivity contribution in [1.82, 2.24) is 4.98 Å². The normalized spacial score (nSPS) is 10.4. The first-order valence-electron chi connectivity index (χ1n) is 4.24. The molecule has 0 bridgehead atoms. The third-order valence-electron chi connectivity index (χ3n) is 2.10. The highest BCUT2D eigenvalue weighted by molar-refractivity contribution is 6.06. The van der Waals surface area contributed by atoms with E-state index in [0.717, 1.165) is 0 Å². The van der Waals surface area contributed by atoms with Gasteiger partial charge in [-0.3, -0.25) is 9.78 Å². The van der Waals surface area contributed by atoms with Crippen molar-refractivity contribution >= 4 is 16.7 Å². The Labute approximate surface area is 80.4 Å². The van der Waals surface area contributed by atoms with Crippen molar-refractivity contribution in [1.29, 1.82) is 0 Å². The van der Waals surface area contributed by atoms with E-state index in [0.29, 0.717) is 10.9 Å². The molecule has 70 valence electrons. The number of rotatable bonds is 1. The third-order valence-corrected chi connectivity index (χ3v) is 2.10. The minimum absolute atomic E-state index is 0.0806. The summed E-state index contributed by atoms with van der Waals surface area (Å²) in [5.41, 5.74) is 0.759. The lowest BCUT2D eigenvalue weighted by molar-refractivity contribution is 0.101. The highest BCUT2D eigenvalue weighted by Crippen LogP contribution is 2.19. The molecule has 0 atom stereocenters. The second kappa shape index (κ2) is 3.18. The van der Waals surface area contributed by atoms with Gasteiger partial charge < -0.3 is 0 Å². The first-order valence-corrected chi connectivity index (χ1v) is 4.24. The van der Waals surface area contributed by atoms with E-state index in [1.807, 2.05) is 0 Å². The fraction of sp³-hybridized carbons (Fsp3) is 0.0909. The Morgan fingerprint density at radius 1 is 1.36 bits per heavy atom. The van der Waals surface area contributed by atoms with Crippen LogP contribution in [0.4, 0.5) is 4.39 Å². The Morgan fingerprint density at radius 3 is 2.86 bits per heavy atom. The van der Waals surface area contributed by atoms with E-state index in [1.165, 1.54) is 25.3 Å². The molecule has 0 spiro atoms. The molecule has 1 aromatic carbocycles. The molecular weight excluding hydrogens is 181 g/mol. The first-order chi connectivity index (χ1) is 6.70. The summed E-state index contributed by atoms with van der Waals surface area (Å²) >= 11 is 0. The molecule has 2 nitrogen and oxygen atoms in total. The van der Waals surface area contributed by atoms with Gasteiger partial charge in [-0.1, -0.05) is 6.07 Å². The number of hydrogen-bond donors (Lipinski definition) is 0. The fourth-order valence-electron chi connectivity index (χ4n) is 1.45. The Hall–Kier alpha value is -1.77. The lowest BCUT2D eigenvalue weighted by Gasteiger charge is -2.02. The van der Waals surface area contributed by atoms with E-state index in [4.69, 9.17) is 0 Å². The molecule has 0 radical (unpaired) electrons. The summed E-state index contributed by atoms with van der Waals surface area (Å²) in [4.78, 5) is 15.1. The van der Waals surface area contributed by atoms with E-state index in [1.54, 1.807) is 12.1 Å². The van der Waals surface area contributed by atoms with Gasteiger partial charge in [0.25, 0.3) is 0 Å². The van der Waals surface area contributed by atoms with Crippen LogP contribution in [-0.4, -0.2) is 10.8 Å². The van der Waals surface area contributed by atoms with Gasteiger partial charge in [0.1, 0.15) is 11.3 Å². The van der Waals surface area contributed by atoms with Crippen LogP contribution in [0.1, 0.15) is 17.3 Å². The second-order valence-corrected chi connectivity index (χ2v) is 3.05. The maximum Gasteiger partial charge on any atom is 0.160 e. The Kier molecular flexibility index (Phi) is 2.00. The molecule has 1 aromatic heterocycles. The number of Topliss-reactive ketones (excluding diaryl/α,β-unsaturated/α-hetero) is 1. The number of carbonyl (C=O) groups excluding carboxylic acids is 1. The summed E-state index contributed by atoms with van der Waals surface area (Å²) in [6, 6.07) is 6.14. The van der Waals surface area contributed by atoms with E-state index in [9.17, 15) is 9.18 Å². The lowest BCUT2D eigenvalue weighted by Crippen LogP contribution is -1.95. The van der Waals surface area contributed by atoms with Gasteiger partial charge in [0.2, 0.25) is 0 Å². The van der Waals surface area contributed by atoms with Gasteiger partial charge in [-0.2, -0.15) is 0 Å². The van der Waals surface area contributed by atoms with Crippen molar-refractivity contribution < 1.29 is 9.18 Å². The van der Waals surface area contributed by atoms with Crippen molar-refractivity contribution in [2.24, 2.45) is 0 Å². The quantitative estimate of drug-likeness (QED) is 0.645. The number of fused-ring (bicyclic) bond motifs is 1. The van der Waals surface area contributed by atoms with Crippen molar-refractivity contribution in [3.05, 3.63) is 41.8 Å². The average Bonchev–Trinajstić information content (AvgIpc) is 2.18. The van der Waals surface area contributed by atoms with Crippen LogP contribution < -0.4 is 0 Å². The maximum absolute atomic E-state index is 13.3. The van der Waals surface area contributed by atoms with Crippen molar-refractivity contribution in [3.8, 4) is 0 Å². The van der Waals surface area contributed by atoms with Crippen molar-refractivity contribution in [3.63, 3.8) is 0 Å². The standard InChI is InChI=1S/C11H8FNO/c1-7(14)8-4-5-10(12)11-9(8)3-2-6-13-11/h2-6H,1H3. The SMILES string of the molecule is CC(=O)c1ccc(F)c2ncccc12. The lowest BCUT2D eigenvalue weighted by atomic mass is 10.1. The topological polar surface area (TPSA) is 30.0 Å². The molecule has 0 saturated carbocycles. The minimum Gasteiger partial charge on any atom is -0.294 e. The van der Waals surface area contributed by atoms with Gasteiger partial charge in [0.05, 0.1) is 0 Å². The van der Waals surface area contributed by atoms with Crippen molar-refractivity contribution in [2.75, 3.05) is 0 Å². The maximum atomic E-state index is 13.3. The Morgan fingerprint density at radius 2 is 2.14 bits per heavy atom. The van der Waals surface area contributed by atoms with Crippen LogP contribution >= 0.6 is 0 Å². The van der Waals surface area contributed by atoms with E-state index in [2.05, 4.69) is 4.98 Å². The molecule has 2 rings (SSSR count). The predicted octanol–water partition coefficient (Wildman–Crippen LogP) is 2.58. The van der Waals surface area contributed by atoms with Gasteiger partial charge in [0, 0.05) is 17.1 Å². The highest BCUT2D eigenvalue weighted by Gasteiger charge is 2.08. The molecule has 0 saturated heterocycles. The number of benzene rings is 1. The summed E-state index contributed by atoms with van der Waals surface area (Å²) in [6.45, 7) is 1.46. The molecule has 1 heterocycles. The van der Waals surface area contributed by atoms with Crippen LogP contribution in [0.2, 0.25) is 0 Å². The molecule has 2 aromatic rings. The molecule has 0 aliphatic rings. The molecule has 0 unspecified atom stereocenters. The summed E-state index contributed by atoms with van der Waals surface area (Å²) in [5, 5.41) is 0.569. The van der Waals surface area contributed by atoms with Crippen LogP contribution in [0.25, 0.3) is 10.9 Å². The number of nitrogens with zero attached hydrogens (tertiary/aromatic N) is 1. The first kappa shape index (κ1) is 8.81. The average molecular weight is 189 g/mol. The summed E-state index contributed by atoms with van der Waals surface area (Å²) in [6.07, 6.45) is 1.51. The zero-order valence-corrected chi connectivity index (χ0v) is 7.62. The molecule has 3 heteroatoms. The van der Waals surface area contributed by atoms with E-state index in [-0.39, 0.29) is 11.3 Å². The highest BCUT2D eigenvalue weighted by atomic mass is 19.1. The van der Waals surface area contributed by atoms with Gasteiger partial charge >= 0.3 is 0 Å². The van der Waals surface area contributed by atoms with Crippen LogP contribution in [0.5, 0.6) is 0 Å². The second-order valence-electron chi connectivity index (χ2n) is 3.05. The molecule has 14 heavy (non-hydrogen) atoms. The van der Waals surface area contributed by atoms with Gasteiger partial charge in [0.15, 0.2) is 5.78 Å². The zero-order chi connectivity index (χ0) is 10.1. The zero-order valence-electron chi connectivity index (χ0n) is 7.62. The van der Waals surface area contributed by atoms with Gasteiger partial charge in [-0.05, 0) is 25.1 Å². The third kappa shape index (κ3) is 1.27. The van der Waals surface area contributed by atoms with Crippen molar-refractivity contribution in [2.45, 2.75) is 6.92 Å². The summed E-state index contributed by atoms with van der Waals surface area (Å²) < 4.78 is 13.3. The van der Waals surface area contributed by atoms with Crippen LogP contribution in [0.15, 0.2) is 30.5 Å². The predicted molar refractivity (Wildman–Crippen MR) is 51.7 cm³/mol. The smallest absolute Gasteiger partial charge is 0.160 e.